The van der Waals surface area contributed by atoms with Gasteiger partial charge in [0.05, 0.1) is 24.3 Å². The molecule has 1 aromatic carbocycles. The first kappa shape index (κ1) is 15.7. The second-order valence-corrected chi connectivity index (χ2v) is 5.04. The lowest BCUT2D eigenvalue weighted by atomic mass is 9.80. The summed E-state index contributed by atoms with van der Waals surface area (Å²) in [7, 11) is 1.48. The number of benzene rings is 1. The second-order valence-electron chi connectivity index (χ2n) is 5.04. The number of nitrogens with zero attached hydrogens (tertiary/aromatic N) is 2. The van der Waals surface area contributed by atoms with E-state index in [1.165, 1.54) is 7.11 Å². The molecule has 0 aromatic heterocycles. The number of nitro groups is 1. The SMILES string of the molecule is COc1cccc(C2C(C(=O)O)=C(C)N=C(C)C2[N+](=O)[O-])c1. The maximum atomic E-state index is 11.6. The summed E-state index contributed by atoms with van der Waals surface area (Å²) in [6.07, 6.45) is 0. The van der Waals surface area contributed by atoms with E-state index in [9.17, 15) is 20.0 Å². The lowest BCUT2D eigenvalue weighted by Crippen LogP contribution is -2.39. The number of methoxy groups -OCH3 is 1. The molecular formula is C15H16N2O5. The van der Waals surface area contributed by atoms with E-state index in [0.717, 1.165) is 0 Å². The summed E-state index contributed by atoms with van der Waals surface area (Å²) in [6.45, 7) is 3.10. The molecule has 0 aliphatic carbocycles. The second kappa shape index (κ2) is 5.97. The zero-order valence-electron chi connectivity index (χ0n) is 12.4. The molecule has 0 amide bonds. The van der Waals surface area contributed by atoms with Crippen molar-refractivity contribution >= 4 is 11.7 Å². The minimum Gasteiger partial charge on any atom is -0.497 e. The van der Waals surface area contributed by atoms with Crippen LogP contribution in [0.4, 0.5) is 0 Å². The summed E-state index contributed by atoms with van der Waals surface area (Å²) in [4.78, 5) is 26.6. The van der Waals surface area contributed by atoms with Gasteiger partial charge >= 0.3 is 5.97 Å². The van der Waals surface area contributed by atoms with Gasteiger partial charge in [-0.15, -0.1) is 0 Å². The van der Waals surface area contributed by atoms with E-state index in [-0.39, 0.29) is 11.3 Å². The number of hydrogen-bond acceptors (Lipinski definition) is 5. The first-order valence-electron chi connectivity index (χ1n) is 6.63. The van der Waals surface area contributed by atoms with Crippen molar-refractivity contribution in [3.8, 4) is 5.75 Å². The third-order valence-electron chi connectivity index (χ3n) is 3.70. The van der Waals surface area contributed by atoms with Gasteiger partial charge < -0.3 is 9.84 Å². The Labute approximate surface area is 127 Å². The Morgan fingerprint density at radius 2 is 2.09 bits per heavy atom. The monoisotopic (exact) mass is 304 g/mol. The lowest BCUT2D eigenvalue weighted by molar-refractivity contribution is -0.505. The zero-order valence-corrected chi connectivity index (χ0v) is 12.4. The third kappa shape index (κ3) is 2.69. The topological polar surface area (TPSA) is 102 Å². The lowest BCUT2D eigenvalue weighted by Gasteiger charge is -2.26. The van der Waals surface area contributed by atoms with Gasteiger partial charge in [0.2, 0.25) is 0 Å². The molecule has 1 aliphatic heterocycles. The van der Waals surface area contributed by atoms with Crippen molar-refractivity contribution in [2.45, 2.75) is 25.8 Å². The Morgan fingerprint density at radius 3 is 2.64 bits per heavy atom. The highest BCUT2D eigenvalue weighted by Crippen LogP contribution is 2.37. The van der Waals surface area contributed by atoms with Gasteiger partial charge in [-0.3, -0.25) is 15.1 Å². The van der Waals surface area contributed by atoms with Gasteiger partial charge in [-0.2, -0.15) is 0 Å². The fourth-order valence-corrected chi connectivity index (χ4v) is 2.76. The molecule has 1 aliphatic rings. The molecule has 2 unspecified atom stereocenters. The van der Waals surface area contributed by atoms with Gasteiger partial charge in [-0.25, -0.2) is 4.79 Å². The number of carbonyl (C=O) groups is 1. The maximum absolute atomic E-state index is 11.6. The number of hydrogen-bond donors (Lipinski definition) is 1. The van der Waals surface area contributed by atoms with Crippen LogP contribution in [0, 0.1) is 10.1 Å². The van der Waals surface area contributed by atoms with Gasteiger partial charge in [-0.1, -0.05) is 12.1 Å². The van der Waals surface area contributed by atoms with E-state index in [2.05, 4.69) is 4.99 Å². The summed E-state index contributed by atoms with van der Waals surface area (Å²) in [6, 6.07) is 5.46. The molecule has 116 valence electrons. The van der Waals surface area contributed by atoms with E-state index in [1.807, 2.05) is 0 Å². The minimum absolute atomic E-state index is 0.0550. The highest BCUT2D eigenvalue weighted by atomic mass is 16.6. The van der Waals surface area contributed by atoms with Crippen LogP contribution < -0.4 is 4.74 Å². The Bertz CT molecular complexity index is 693. The summed E-state index contributed by atoms with van der Waals surface area (Å²) in [5.74, 6) is -1.59. The predicted molar refractivity (Wildman–Crippen MR) is 80.0 cm³/mol. The maximum Gasteiger partial charge on any atom is 0.334 e. The minimum atomic E-state index is -1.21. The molecule has 0 fully saturated rings. The fourth-order valence-electron chi connectivity index (χ4n) is 2.76. The molecule has 0 radical (unpaired) electrons. The molecule has 0 saturated heterocycles. The number of carboxylic acids is 1. The first-order valence-corrected chi connectivity index (χ1v) is 6.63. The van der Waals surface area contributed by atoms with Crippen LogP contribution >= 0.6 is 0 Å². The van der Waals surface area contributed by atoms with Crippen molar-refractivity contribution in [3.63, 3.8) is 0 Å². The van der Waals surface area contributed by atoms with Crippen LogP contribution in [-0.4, -0.2) is 34.9 Å². The largest absolute Gasteiger partial charge is 0.497 e. The molecule has 1 N–H and O–H groups in total. The summed E-state index contributed by atoms with van der Waals surface area (Å²) < 4.78 is 5.13. The van der Waals surface area contributed by atoms with Crippen LogP contribution in [0.15, 0.2) is 40.5 Å². The van der Waals surface area contributed by atoms with Gasteiger partial charge in [0.15, 0.2) is 0 Å². The molecule has 0 spiro atoms. The third-order valence-corrected chi connectivity index (χ3v) is 3.70. The zero-order chi connectivity index (χ0) is 16.4. The molecule has 22 heavy (non-hydrogen) atoms. The van der Waals surface area contributed by atoms with Crippen molar-refractivity contribution in [1.82, 2.24) is 0 Å². The van der Waals surface area contributed by atoms with E-state index >= 15 is 0 Å². The van der Waals surface area contributed by atoms with Crippen LogP contribution in [0.1, 0.15) is 25.3 Å². The van der Waals surface area contributed by atoms with Crippen molar-refractivity contribution in [2.75, 3.05) is 7.11 Å². The highest BCUT2D eigenvalue weighted by Gasteiger charge is 2.44. The number of rotatable bonds is 4. The van der Waals surface area contributed by atoms with Crippen LogP contribution in [0.5, 0.6) is 5.75 Å². The Morgan fingerprint density at radius 1 is 1.41 bits per heavy atom. The summed E-state index contributed by atoms with van der Waals surface area (Å²) >= 11 is 0. The van der Waals surface area contributed by atoms with E-state index in [4.69, 9.17) is 4.74 Å². The van der Waals surface area contributed by atoms with Crippen LogP contribution in [0.3, 0.4) is 0 Å². The van der Waals surface area contributed by atoms with Crippen molar-refractivity contribution < 1.29 is 19.6 Å². The van der Waals surface area contributed by atoms with Crippen LogP contribution in [0.25, 0.3) is 0 Å². The van der Waals surface area contributed by atoms with Gasteiger partial charge in [0.25, 0.3) is 6.04 Å². The number of ether oxygens (including phenoxy) is 1. The summed E-state index contributed by atoms with van der Waals surface area (Å²) in [5, 5.41) is 20.9. The van der Waals surface area contributed by atoms with Crippen LogP contribution in [0.2, 0.25) is 0 Å². The average molecular weight is 304 g/mol. The highest BCUT2D eigenvalue weighted by molar-refractivity contribution is 5.97. The molecular weight excluding hydrogens is 288 g/mol. The number of aliphatic imine (C=N–C) groups is 1. The van der Waals surface area contributed by atoms with Gasteiger partial charge in [-0.05, 0) is 31.5 Å². The van der Waals surface area contributed by atoms with Crippen LogP contribution in [-0.2, 0) is 4.79 Å². The smallest absolute Gasteiger partial charge is 0.334 e. The molecule has 2 rings (SSSR count). The number of carboxylic acid groups (broad SMARTS) is 1. The normalized spacial score (nSPS) is 21.3. The molecule has 0 bridgehead atoms. The molecule has 2 atom stereocenters. The number of allylic oxidation sites excluding steroid dienone is 1. The molecule has 7 heteroatoms. The molecule has 7 nitrogen and oxygen atoms in total. The Balaban J connectivity index is 2.66. The van der Waals surface area contributed by atoms with E-state index in [0.29, 0.717) is 17.0 Å². The quantitative estimate of drug-likeness (QED) is 0.679. The number of aliphatic carboxylic acids is 1. The van der Waals surface area contributed by atoms with Gasteiger partial charge in [0, 0.05) is 10.6 Å². The summed E-state index contributed by atoms with van der Waals surface area (Å²) in [5.41, 5.74) is 1.05. The van der Waals surface area contributed by atoms with E-state index < -0.39 is 22.9 Å². The van der Waals surface area contributed by atoms with Crippen molar-refractivity contribution in [3.05, 3.63) is 51.2 Å². The van der Waals surface area contributed by atoms with Gasteiger partial charge in [0.1, 0.15) is 5.75 Å². The first-order chi connectivity index (χ1) is 10.4. The molecule has 0 saturated carbocycles. The average Bonchev–Trinajstić information content (AvgIpc) is 2.45. The Kier molecular flexibility index (Phi) is 4.25. The predicted octanol–water partition coefficient (Wildman–Crippen LogP) is 2.26. The van der Waals surface area contributed by atoms with E-state index in [1.54, 1.807) is 38.1 Å². The van der Waals surface area contributed by atoms with Crippen molar-refractivity contribution in [2.24, 2.45) is 4.99 Å². The molecule has 1 heterocycles. The van der Waals surface area contributed by atoms with Crippen molar-refractivity contribution in [1.29, 1.82) is 0 Å². The fraction of sp³-hybridized carbons (Fsp3) is 0.333. The standard InChI is InChI=1S/C15H16N2O5/c1-8-12(15(18)19)13(14(17(20)21)9(2)16-8)10-5-4-6-11(7-10)22-3/h4-7,13-14H,1-3H3,(H,18,19). The molecule has 1 aromatic rings. The Hall–Kier alpha value is -2.70.